The second-order valence-corrected chi connectivity index (χ2v) is 8.67. The molecule has 2 unspecified atom stereocenters. The van der Waals surface area contributed by atoms with Gasteiger partial charge in [0.15, 0.2) is 9.84 Å². The maximum atomic E-state index is 11.3. The zero-order valence-corrected chi connectivity index (χ0v) is 11.5. The molecule has 0 bridgehead atoms. The van der Waals surface area contributed by atoms with Gasteiger partial charge in [0.05, 0.1) is 11.5 Å². The molecule has 1 aliphatic rings. The van der Waals surface area contributed by atoms with Crippen molar-refractivity contribution in [2.24, 2.45) is 11.3 Å². The summed E-state index contributed by atoms with van der Waals surface area (Å²) in [6.07, 6.45) is 1.82. The quantitative estimate of drug-likeness (QED) is 0.730. The van der Waals surface area contributed by atoms with E-state index in [-0.39, 0.29) is 5.41 Å². The summed E-state index contributed by atoms with van der Waals surface area (Å²) in [6.45, 7) is 6.53. The van der Waals surface area contributed by atoms with Crippen LogP contribution in [0.2, 0.25) is 0 Å². The summed E-state index contributed by atoms with van der Waals surface area (Å²) in [7, 11) is -2.71. The smallest absolute Gasteiger partial charge is 0.150 e. The fraction of sp³-hybridized carbons (Fsp3) is 1.00. The lowest BCUT2D eigenvalue weighted by molar-refractivity contribution is 0.351. The van der Waals surface area contributed by atoms with E-state index in [2.05, 4.69) is 36.7 Å². The van der Waals surface area contributed by atoms with Gasteiger partial charge in [-0.25, -0.2) is 8.42 Å². The molecule has 1 aliphatic heterocycles. The highest BCUT2D eigenvalue weighted by molar-refractivity contribution is 9.09. The Labute approximate surface area is 95.5 Å². The average Bonchev–Trinajstić information content (AvgIpc) is 2.28. The molecule has 14 heavy (non-hydrogen) atoms. The van der Waals surface area contributed by atoms with Gasteiger partial charge >= 0.3 is 0 Å². The predicted molar refractivity (Wildman–Crippen MR) is 63.5 cm³/mol. The third kappa shape index (κ3) is 3.54. The molecular formula is C10H19BrO2S. The van der Waals surface area contributed by atoms with Crippen LogP contribution in [-0.2, 0) is 9.84 Å². The van der Waals surface area contributed by atoms with Crippen molar-refractivity contribution >= 4 is 25.8 Å². The number of sulfone groups is 1. The van der Waals surface area contributed by atoms with Crippen LogP contribution in [0.15, 0.2) is 0 Å². The Morgan fingerprint density at radius 2 is 2.00 bits per heavy atom. The fourth-order valence-corrected chi connectivity index (χ4v) is 4.11. The van der Waals surface area contributed by atoms with Gasteiger partial charge in [0.1, 0.15) is 0 Å². The van der Waals surface area contributed by atoms with Gasteiger partial charge in [-0.15, -0.1) is 0 Å². The highest BCUT2D eigenvalue weighted by Gasteiger charge is 2.32. The van der Waals surface area contributed by atoms with Crippen molar-refractivity contribution in [1.82, 2.24) is 0 Å². The number of rotatable bonds is 2. The van der Waals surface area contributed by atoms with E-state index < -0.39 is 9.84 Å². The van der Waals surface area contributed by atoms with Gasteiger partial charge < -0.3 is 0 Å². The predicted octanol–water partition coefficient (Wildman–Crippen LogP) is 2.62. The van der Waals surface area contributed by atoms with Crippen LogP contribution in [0.25, 0.3) is 0 Å². The van der Waals surface area contributed by atoms with E-state index in [0.717, 1.165) is 12.8 Å². The molecule has 84 valence electrons. The molecule has 0 N–H and O–H groups in total. The van der Waals surface area contributed by atoms with Crippen molar-refractivity contribution in [3.05, 3.63) is 0 Å². The molecular weight excluding hydrogens is 264 g/mol. The SMILES string of the molecule is CC(C)(C)C(Br)CC1CCS(=O)(=O)C1. The molecule has 2 nitrogen and oxygen atoms in total. The molecule has 1 rings (SSSR count). The monoisotopic (exact) mass is 282 g/mol. The number of hydrogen-bond donors (Lipinski definition) is 0. The summed E-state index contributed by atoms with van der Waals surface area (Å²) in [4.78, 5) is 0.410. The van der Waals surface area contributed by atoms with Gasteiger partial charge in [0.2, 0.25) is 0 Å². The normalized spacial score (nSPS) is 29.0. The standard InChI is InChI=1S/C10H19BrO2S/c1-10(2,3)9(11)6-8-4-5-14(12,13)7-8/h8-9H,4-7H2,1-3H3. The highest BCUT2D eigenvalue weighted by Crippen LogP contribution is 2.34. The van der Waals surface area contributed by atoms with E-state index in [1.807, 2.05) is 0 Å². The molecule has 4 heteroatoms. The van der Waals surface area contributed by atoms with E-state index in [9.17, 15) is 8.42 Å². The molecule has 1 saturated heterocycles. The van der Waals surface area contributed by atoms with Crippen molar-refractivity contribution in [1.29, 1.82) is 0 Å². The van der Waals surface area contributed by atoms with E-state index in [1.54, 1.807) is 0 Å². The number of halogens is 1. The minimum atomic E-state index is -2.71. The van der Waals surface area contributed by atoms with E-state index in [1.165, 1.54) is 0 Å². The Hall–Kier alpha value is 0.430. The van der Waals surface area contributed by atoms with E-state index in [0.29, 0.717) is 22.3 Å². The first-order chi connectivity index (χ1) is 6.21. The zero-order valence-electron chi connectivity index (χ0n) is 9.09. The van der Waals surface area contributed by atoms with Crippen molar-refractivity contribution in [3.63, 3.8) is 0 Å². The first-order valence-electron chi connectivity index (χ1n) is 5.05. The maximum absolute atomic E-state index is 11.3. The molecule has 0 radical (unpaired) electrons. The third-order valence-electron chi connectivity index (χ3n) is 2.81. The minimum Gasteiger partial charge on any atom is -0.229 e. The molecule has 1 fully saturated rings. The van der Waals surface area contributed by atoms with Crippen molar-refractivity contribution in [2.75, 3.05) is 11.5 Å². The number of hydrogen-bond acceptors (Lipinski definition) is 2. The summed E-state index contributed by atoms with van der Waals surface area (Å²) in [5.41, 5.74) is 0.215. The van der Waals surface area contributed by atoms with Crippen LogP contribution in [0.4, 0.5) is 0 Å². The summed E-state index contributed by atoms with van der Waals surface area (Å²) < 4.78 is 22.5. The number of alkyl halides is 1. The zero-order chi connectivity index (χ0) is 11.0. The van der Waals surface area contributed by atoms with E-state index in [4.69, 9.17) is 0 Å². The van der Waals surface area contributed by atoms with Crippen molar-refractivity contribution < 1.29 is 8.42 Å². The molecule has 1 heterocycles. The van der Waals surface area contributed by atoms with Gasteiger partial charge in [-0.2, -0.15) is 0 Å². The van der Waals surface area contributed by atoms with Crippen molar-refractivity contribution in [3.8, 4) is 0 Å². The van der Waals surface area contributed by atoms with Gasteiger partial charge in [0, 0.05) is 4.83 Å². The third-order valence-corrected chi connectivity index (χ3v) is 6.39. The van der Waals surface area contributed by atoms with Gasteiger partial charge in [-0.1, -0.05) is 36.7 Å². The molecule has 0 spiro atoms. The Bertz CT molecular complexity index is 290. The van der Waals surface area contributed by atoms with Crippen LogP contribution in [0, 0.1) is 11.3 Å². The second-order valence-electron chi connectivity index (χ2n) is 5.34. The Balaban J connectivity index is 2.48. The summed E-state index contributed by atoms with van der Waals surface area (Å²) in [6, 6.07) is 0. The topological polar surface area (TPSA) is 34.1 Å². The van der Waals surface area contributed by atoms with Crippen LogP contribution < -0.4 is 0 Å². The largest absolute Gasteiger partial charge is 0.229 e. The Morgan fingerprint density at radius 1 is 1.43 bits per heavy atom. The molecule has 0 saturated carbocycles. The lowest BCUT2D eigenvalue weighted by Gasteiger charge is -2.27. The Morgan fingerprint density at radius 3 is 2.36 bits per heavy atom. The lowest BCUT2D eigenvalue weighted by Crippen LogP contribution is -2.23. The minimum absolute atomic E-state index is 0.215. The fourth-order valence-electron chi connectivity index (χ4n) is 1.70. The lowest BCUT2D eigenvalue weighted by atomic mass is 9.86. The van der Waals surface area contributed by atoms with Crippen LogP contribution in [0.1, 0.15) is 33.6 Å². The molecule has 0 aliphatic carbocycles. The maximum Gasteiger partial charge on any atom is 0.150 e. The molecule has 0 amide bonds. The highest BCUT2D eigenvalue weighted by atomic mass is 79.9. The van der Waals surface area contributed by atoms with E-state index >= 15 is 0 Å². The van der Waals surface area contributed by atoms with Crippen LogP contribution in [0.3, 0.4) is 0 Å². The van der Waals surface area contributed by atoms with Gasteiger partial charge in [0.25, 0.3) is 0 Å². The second kappa shape index (κ2) is 4.12. The molecule has 0 aromatic carbocycles. The summed E-state index contributed by atoms with van der Waals surface area (Å²) in [5, 5.41) is 0. The van der Waals surface area contributed by atoms with Gasteiger partial charge in [-0.05, 0) is 24.2 Å². The van der Waals surface area contributed by atoms with Crippen molar-refractivity contribution in [2.45, 2.75) is 38.4 Å². The van der Waals surface area contributed by atoms with Crippen LogP contribution in [-0.4, -0.2) is 24.8 Å². The van der Waals surface area contributed by atoms with Gasteiger partial charge in [-0.3, -0.25) is 0 Å². The molecule has 0 aromatic rings. The van der Waals surface area contributed by atoms with Crippen LogP contribution in [0.5, 0.6) is 0 Å². The average molecular weight is 283 g/mol. The molecule has 0 aromatic heterocycles. The van der Waals surface area contributed by atoms with Crippen LogP contribution >= 0.6 is 15.9 Å². The first kappa shape index (κ1) is 12.5. The summed E-state index contributed by atoms with van der Waals surface area (Å²) in [5.74, 6) is 1.15. The first-order valence-corrected chi connectivity index (χ1v) is 7.79. The Kier molecular flexibility index (Phi) is 3.68. The summed E-state index contributed by atoms with van der Waals surface area (Å²) >= 11 is 3.65. The molecule has 2 atom stereocenters.